The molecular formula is C48H48Br2O3. The summed E-state index contributed by atoms with van der Waals surface area (Å²) in [4.78, 5) is 0. The number of hydrogen-bond donors (Lipinski definition) is 0. The van der Waals surface area contributed by atoms with Crippen molar-refractivity contribution >= 4 is 31.9 Å². The van der Waals surface area contributed by atoms with Crippen LogP contribution in [0.2, 0.25) is 0 Å². The quantitative estimate of drug-likeness (QED) is 0.109. The van der Waals surface area contributed by atoms with E-state index in [2.05, 4.69) is 146 Å². The number of halogens is 2. The first kappa shape index (κ1) is 38.6. The number of aryl methyl sites for hydroxylation is 2. The van der Waals surface area contributed by atoms with E-state index >= 15 is 0 Å². The first-order valence-corrected chi connectivity index (χ1v) is 19.8. The molecule has 0 aliphatic rings. The Bertz CT molecular complexity index is 1970. The van der Waals surface area contributed by atoms with Crippen molar-refractivity contribution in [3.63, 3.8) is 0 Å². The highest BCUT2D eigenvalue weighted by molar-refractivity contribution is 9.10. The Hall–Kier alpha value is -4.16. The molecule has 6 rings (SSSR count). The third-order valence-corrected chi connectivity index (χ3v) is 12.1. The molecule has 0 N–H and O–H groups in total. The molecule has 0 saturated heterocycles. The van der Waals surface area contributed by atoms with Crippen LogP contribution in [0.1, 0.15) is 61.1 Å². The van der Waals surface area contributed by atoms with Crippen molar-refractivity contribution < 1.29 is 14.2 Å². The Morgan fingerprint density at radius 3 is 1.21 bits per heavy atom. The summed E-state index contributed by atoms with van der Waals surface area (Å²) in [5.41, 5.74) is 6.39. The van der Waals surface area contributed by atoms with Crippen molar-refractivity contribution in [3.8, 4) is 23.0 Å². The molecule has 0 heterocycles. The van der Waals surface area contributed by atoms with Crippen LogP contribution < -0.4 is 9.47 Å². The van der Waals surface area contributed by atoms with Crippen LogP contribution in [0.3, 0.4) is 0 Å². The molecule has 3 nitrogen and oxygen atoms in total. The van der Waals surface area contributed by atoms with Gasteiger partial charge in [-0.2, -0.15) is 0 Å². The molecule has 0 amide bonds. The maximum absolute atomic E-state index is 7.64. The first-order valence-electron chi connectivity index (χ1n) is 18.2. The summed E-state index contributed by atoms with van der Waals surface area (Å²) in [5, 5.41) is 0. The van der Waals surface area contributed by atoms with E-state index in [4.69, 9.17) is 14.2 Å². The molecule has 5 heteroatoms. The predicted octanol–water partition coefficient (Wildman–Crippen LogP) is 13.9. The third kappa shape index (κ3) is 9.69. The van der Waals surface area contributed by atoms with Gasteiger partial charge in [-0.05, 0) is 121 Å². The lowest BCUT2D eigenvalue weighted by Gasteiger charge is -2.43. The van der Waals surface area contributed by atoms with Crippen molar-refractivity contribution in [2.24, 2.45) is 0 Å². The minimum Gasteiger partial charge on any atom is -0.457 e. The highest BCUT2D eigenvalue weighted by Crippen LogP contribution is 2.40. The van der Waals surface area contributed by atoms with Crippen LogP contribution in [0.5, 0.6) is 23.0 Å². The molecule has 0 saturated carbocycles. The van der Waals surface area contributed by atoms with Crippen molar-refractivity contribution in [1.29, 1.82) is 0 Å². The van der Waals surface area contributed by atoms with Gasteiger partial charge < -0.3 is 14.2 Å². The Morgan fingerprint density at radius 2 is 0.830 bits per heavy atom. The molecule has 6 aromatic carbocycles. The zero-order valence-electron chi connectivity index (χ0n) is 31.4. The van der Waals surface area contributed by atoms with E-state index in [-0.39, 0.29) is 23.0 Å². The molecule has 0 aliphatic heterocycles. The molecular weight excluding hydrogens is 784 g/mol. The topological polar surface area (TPSA) is 27.7 Å². The number of rotatable bonds is 14. The number of ether oxygens (including phenoxy) is 3. The molecule has 6 aromatic rings. The molecule has 0 spiro atoms. The summed E-state index contributed by atoms with van der Waals surface area (Å²) < 4.78 is 22.4. The van der Waals surface area contributed by atoms with Crippen LogP contribution >= 0.6 is 31.9 Å². The maximum atomic E-state index is 7.64. The maximum Gasteiger partial charge on any atom is 0.127 e. The van der Waals surface area contributed by atoms with E-state index in [1.54, 1.807) is 0 Å². The molecule has 0 aliphatic carbocycles. The zero-order valence-corrected chi connectivity index (χ0v) is 34.6. The number of benzene rings is 6. The molecule has 0 fully saturated rings. The number of para-hydroxylation sites is 2. The lowest BCUT2D eigenvalue weighted by Crippen LogP contribution is -2.46. The van der Waals surface area contributed by atoms with Crippen LogP contribution in [0.25, 0.3) is 0 Å². The molecule has 0 bridgehead atoms. The smallest absolute Gasteiger partial charge is 0.127 e. The molecule has 2 unspecified atom stereocenters. The van der Waals surface area contributed by atoms with Crippen LogP contribution in [-0.4, -0.2) is 12.2 Å². The standard InChI is InChI=1S/C48H48Br2O3/c1-33-23-25-37(31-43(33)49)47(3,4)45(29-35-15-13-21-41(27-35)51-39-17-9-7-10-18-39)53-46(48(5,6)38-26-24-34(2)44(50)32-38)30-36-16-14-22-42(28-36)52-40-19-11-8-12-20-40/h7-28,31-32,45-46H,29-30H2,1-6H3. The average molecular weight is 833 g/mol. The predicted molar refractivity (Wildman–Crippen MR) is 226 cm³/mol. The van der Waals surface area contributed by atoms with Gasteiger partial charge in [-0.25, -0.2) is 0 Å². The average Bonchev–Trinajstić information content (AvgIpc) is 3.14. The summed E-state index contributed by atoms with van der Waals surface area (Å²) in [6.07, 6.45) is 0.967. The largest absolute Gasteiger partial charge is 0.457 e. The van der Waals surface area contributed by atoms with Crippen LogP contribution in [0.15, 0.2) is 155 Å². The highest BCUT2D eigenvalue weighted by Gasteiger charge is 2.40. The van der Waals surface area contributed by atoms with Crippen molar-refractivity contribution in [2.45, 2.75) is 77.4 Å². The van der Waals surface area contributed by atoms with Gasteiger partial charge in [0.05, 0.1) is 12.2 Å². The second-order valence-electron chi connectivity index (χ2n) is 15.0. The first-order chi connectivity index (χ1) is 25.4. The van der Waals surface area contributed by atoms with E-state index in [0.717, 1.165) is 43.1 Å². The van der Waals surface area contributed by atoms with E-state index in [1.165, 1.54) is 22.3 Å². The Balaban J connectivity index is 1.40. The third-order valence-electron chi connectivity index (χ3n) is 10.4. The van der Waals surface area contributed by atoms with Gasteiger partial charge in [0.1, 0.15) is 23.0 Å². The SMILES string of the molecule is Cc1ccc(C(C)(C)C(Cc2cccc(Oc3ccccc3)c2)OC(Cc2cccc(Oc3ccccc3)c2)C(C)(C)c2ccc(C)c(Br)c2)cc1Br. The van der Waals surface area contributed by atoms with Crippen LogP contribution in [0, 0.1) is 13.8 Å². The fourth-order valence-corrected chi connectivity index (χ4v) is 7.41. The minimum atomic E-state index is -0.368. The minimum absolute atomic E-state index is 0.203. The van der Waals surface area contributed by atoms with Crippen LogP contribution in [0.4, 0.5) is 0 Å². The molecule has 0 radical (unpaired) electrons. The molecule has 2 atom stereocenters. The van der Waals surface area contributed by atoms with Gasteiger partial charge in [-0.1, -0.05) is 144 Å². The second-order valence-corrected chi connectivity index (χ2v) is 16.7. The highest BCUT2D eigenvalue weighted by atomic mass is 79.9. The normalized spacial score (nSPS) is 13.0. The summed E-state index contributed by atoms with van der Waals surface area (Å²) in [6.45, 7) is 13.5. The van der Waals surface area contributed by atoms with Crippen molar-refractivity contribution in [3.05, 3.63) is 188 Å². The number of hydrogen-bond acceptors (Lipinski definition) is 3. The van der Waals surface area contributed by atoms with Gasteiger partial charge in [-0.15, -0.1) is 0 Å². The van der Waals surface area contributed by atoms with Gasteiger partial charge in [-0.3, -0.25) is 0 Å². The van der Waals surface area contributed by atoms with E-state index in [1.807, 2.05) is 72.8 Å². The van der Waals surface area contributed by atoms with Gasteiger partial charge in [0.25, 0.3) is 0 Å². The summed E-state index contributed by atoms with van der Waals surface area (Å²) in [7, 11) is 0. The van der Waals surface area contributed by atoms with Gasteiger partial charge in [0.2, 0.25) is 0 Å². The summed E-state index contributed by atoms with van der Waals surface area (Å²) in [6, 6.07) is 50.1. The molecule has 272 valence electrons. The Kier molecular flexibility index (Phi) is 12.3. The summed E-state index contributed by atoms with van der Waals surface area (Å²) in [5.74, 6) is 3.23. The van der Waals surface area contributed by atoms with Gasteiger partial charge in [0, 0.05) is 19.8 Å². The van der Waals surface area contributed by atoms with Crippen molar-refractivity contribution in [1.82, 2.24) is 0 Å². The second kappa shape index (κ2) is 16.9. The lowest BCUT2D eigenvalue weighted by atomic mass is 9.74. The van der Waals surface area contributed by atoms with Crippen LogP contribution in [-0.2, 0) is 28.4 Å². The van der Waals surface area contributed by atoms with E-state index in [9.17, 15) is 0 Å². The molecule has 0 aromatic heterocycles. The summed E-state index contributed by atoms with van der Waals surface area (Å²) >= 11 is 7.64. The Morgan fingerprint density at radius 1 is 0.453 bits per heavy atom. The zero-order chi connectivity index (χ0) is 37.6. The fourth-order valence-electron chi connectivity index (χ4n) is 6.65. The monoisotopic (exact) mass is 830 g/mol. The van der Waals surface area contributed by atoms with Gasteiger partial charge in [0.15, 0.2) is 0 Å². The van der Waals surface area contributed by atoms with Crippen molar-refractivity contribution in [2.75, 3.05) is 0 Å². The lowest BCUT2D eigenvalue weighted by molar-refractivity contribution is -0.0753. The fraction of sp³-hybridized carbons (Fsp3) is 0.250. The van der Waals surface area contributed by atoms with E-state index < -0.39 is 0 Å². The molecule has 53 heavy (non-hydrogen) atoms. The van der Waals surface area contributed by atoms with E-state index in [0.29, 0.717) is 12.8 Å². The Labute approximate surface area is 332 Å². The van der Waals surface area contributed by atoms with Gasteiger partial charge >= 0.3 is 0 Å².